The number of hydrogen-bond acceptors (Lipinski definition) is 7. The quantitative estimate of drug-likeness (QED) is 0.0211. The van der Waals surface area contributed by atoms with Crippen LogP contribution < -0.4 is 0 Å². The lowest BCUT2D eigenvalue weighted by Crippen LogP contribution is -2.40. The zero-order valence-electron chi connectivity index (χ0n) is 51.9. The molecule has 0 fully saturated rings. The number of unbranched alkanes of at least 4 members (excludes halogenated alkanes) is 15. The number of nitrogens with zero attached hydrogens (tertiary/aromatic N) is 1. The number of carbonyl (C=O) groups is 3. The number of carbonyl (C=O) groups excluding carboxylic acids is 2. The summed E-state index contributed by atoms with van der Waals surface area (Å²) in [7, 11) is 5.95. The number of quaternary nitrogens is 1. The molecule has 0 spiro atoms. The maximum absolute atomic E-state index is 12.9. The Morgan fingerprint density at radius 3 is 1.00 bits per heavy atom. The summed E-state index contributed by atoms with van der Waals surface area (Å²) in [6.07, 6.45) is 87.6. The molecule has 81 heavy (non-hydrogen) atoms. The minimum absolute atomic E-state index is 0.173. The molecule has 9 heteroatoms. The smallest absolute Gasteiger partial charge is 0.361 e. The van der Waals surface area contributed by atoms with E-state index in [9.17, 15) is 19.5 Å². The van der Waals surface area contributed by atoms with Crippen LogP contribution in [0.2, 0.25) is 0 Å². The summed E-state index contributed by atoms with van der Waals surface area (Å²) in [5, 5.41) is 9.72. The van der Waals surface area contributed by atoms with E-state index in [0.717, 1.165) is 128 Å². The number of allylic oxidation sites excluding steroid dienone is 26. The van der Waals surface area contributed by atoms with Gasteiger partial charge in [0.05, 0.1) is 34.4 Å². The van der Waals surface area contributed by atoms with Crippen molar-refractivity contribution >= 4 is 17.9 Å². The first-order valence-electron chi connectivity index (χ1n) is 31.6. The molecule has 0 aromatic rings. The van der Waals surface area contributed by atoms with Gasteiger partial charge in [-0.05, 0) is 122 Å². The molecule has 0 saturated carbocycles. The fourth-order valence-electron chi connectivity index (χ4n) is 8.00. The van der Waals surface area contributed by atoms with Gasteiger partial charge >= 0.3 is 17.9 Å². The summed E-state index contributed by atoms with van der Waals surface area (Å²) < 4.78 is 22.9. The summed E-state index contributed by atoms with van der Waals surface area (Å²) in [6, 6.07) is 0. The average molecular weight is 1120 g/mol. The summed E-state index contributed by atoms with van der Waals surface area (Å²) in [5.41, 5.74) is 0. The molecule has 0 heterocycles. The van der Waals surface area contributed by atoms with Crippen molar-refractivity contribution in [3.8, 4) is 0 Å². The second-order valence-electron chi connectivity index (χ2n) is 21.6. The van der Waals surface area contributed by atoms with Crippen molar-refractivity contribution in [2.75, 3.05) is 47.5 Å². The van der Waals surface area contributed by atoms with E-state index in [0.29, 0.717) is 23.9 Å². The molecule has 0 saturated heterocycles. The molecule has 2 atom stereocenters. The van der Waals surface area contributed by atoms with E-state index in [2.05, 4.69) is 172 Å². The number of ether oxygens (including phenoxy) is 4. The van der Waals surface area contributed by atoms with Crippen LogP contribution in [0.15, 0.2) is 158 Å². The molecule has 456 valence electrons. The number of likely N-dealkylation sites (N-methyl/N-ethyl adjacent to an activating group) is 1. The highest BCUT2D eigenvalue weighted by Gasteiger charge is 2.25. The van der Waals surface area contributed by atoms with E-state index in [4.69, 9.17) is 18.9 Å². The second-order valence-corrected chi connectivity index (χ2v) is 21.6. The van der Waals surface area contributed by atoms with Crippen LogP contribution in [0.4, 0.5) is 0 Å². The molecule has 2 unspecified atom stereocenters. The molecular formula is C72H116NO8+. The first-order valence-corrected chi connectivity index (χ1v) is 31.6. The molecular weight excluding hydrogens is 1010 g/mol. The van der Waals surface area contributed by atoms with Gasteiger partial charge in [-0.1, -0.05) is 242 Å². The minimum Gasteiger partial charge on any atom is -0.477 e. The number of carboxylic acid groups (broad SMARTS) is 1. The first-order chi connectivity index (χ1) is 39.6. The zero-order valence-corrected chi connectivity index (χ0v) is 51.9. The predicted octanol–water partition coefficient (Wildman–Crippen LogP) is 19.3. The van der Waals surface area contributed by atoms with Gasteiger partial charge in [0.25, 0.3) is 6.29 Å². The molecule has 0 rings (SSSR count). The van der Waals surface area contributed by atoms with Gasteiger partial charge in [-0.2, -0.15) is 0 Å². The Morgan fingerprint density at radius 1 is 0.370 bits per heavy atom. The van der Waals surface area contributed by atoms with Gasteiger partial charge in [0.2, 0.25) is 0 Å². The highest BCUT2D eigenvalue weighted by Crippen LogP contribution is 2.15. The molecule has 0 bridgehead atoms. The maximum atomic E-state index is 12.9. The highest BCUT2D eigenvalue weighted by molar-refractivity contribution is 5.71. The predicted molar refractivity (Wildman–Crippen MR) is 345 cm³/mol. The molecule has 0 aromatic heterocycles. The SMILES string of the molecule is CC/C=C\C/C=C\C/C=C\C/C=C\C/C=C\C/C=C\C/C=C\C/C=C\CCCCCCCCCCCCCCC(=O)OC(COC(=O)CCCCC/C=C\C/C=C\C/C=C\C/C=C\C/C=C\CC)COC(OCC[N+](C)(C)C)C(=O)O. The van der Waals surface area contributed by atoms with Crippen LogP contribution in [0.3, 0.4) is 0 Å². The van der Waals surface area contributed by atoms with Gasteiger partial charge < -0.3 is 28.5 Å². The van der Waals surface area contributed by atoms with Crippen molar-refractivity contribution in [2.45, 2.75) is 232 Å². The van der Waals surface area contributed by atoms with Crippen LogP contribution in [0.5, 0.6) is 0 Å². The Labute approximate surface area is 495 Å². The fourth-order valence-corrected chi connectivity index (χ4v) is 8.00. The summed E-state index contributed by atoms with van der Waals surface area (Å²) >= 11 is 0. The number of carboxylic acids is 1. The Balaban J connectivity index is 4.21. The van der Waals surface area contributed by atoms with Crippen molar-refractivity contribution in [3.63, 3.8) is 0 Å². The lowest BCUT2D eigenvalue weighted by Gasteiger charge is -2.25. The van der Waals surface area contributed by atoms with Crippen molar-refractivity contribution in [3.05, 3.63) is 158 Å². The Bertz CT molecular complexity index is 1880. The minimum atomic E-state index is -1.53. The van der Waals surface area contributed by atoms with Gasteiger partial charge in [0.1, 0.15) is 13.2 Å². The third-order valence-electron chi connectivity index (χ3n) is 12.8. The van der Waals surface area contributed by atoms with Gasteiger partial charge in [-0.25, -0.2) is 4.79 Å². The maximum Gasteiger partial charge on any atom is 0.361 e. The molecule has 9 nitrogen and oxygen atoms in total. The second kappa shape index (κ2) is 61.0. The van der Waals surface area contributed by atoms with Gasteiger partial charge in [0, 0.05) is 12.8 Å². The van der Waals surface area contributed by atoms with Crippen LogP contribution in [0.1, 0.15) is 219 Å². The molecule has 0 aliphatic heterocycles. The zero-order chi connectivity index (χ0) is 59.1. The van der Waals surface area contributed by atoms with Crippen molar-refractivity contribution < 1.29 is 42.9 Å². The standard InChI is InChI=1S/C72H115NO8/c1-6-8-10-12-14-16-18-20-22-24-26-27-28-29-30-31-32-33-34-35-36-37-38-39-40-41-42-43-45-47-49-51-53-55-57-59-61-63-70(75)81-68(67-80-72(71(76)77)78-65-64-73(3,4)5)66-79-69(74)62-60-58-56-54-52-50-48-46-44-25-23-21-19-17-15-13-11-9-7-2/h8-11,14-17,20-23,26-27,29-30,32-33,35-36,38-39,44,46,50,52,68,72H,6-7,12-13,18-19,24-25,28,31,34,37,40-43,45,47-49,51,53-67H2,1-5H3/p+1/b10-8-,11-9-,16-14-,17-15-,22-20-,23-21-,27-26-,30-29-,33-32-,36-35-,39-38-,46-44-,52-50-. The molecule has 0 aliphatic carbocycles. The van der Waals surface area contributed by atoms with Crippen LogP contribution in [0, 0.1) is 0 Å². The van der Waals surface area contributed by atoms with E-state index < -0.39 is 24.3 Å². The largest absolute Gasteiger partial charge is 0.477 e. The third kappa shape index (κ3) is 62.4. The van der Waals surface area contributed by atoms with E-state index in [1.165, 1.54) is 51.4 Å². The number of aliphatic carboxylic acids is 1. The monoisotopic (exact) mass is 1120 g/mol. The molecule has 1 N–H and O–H groups in total. The fraction of sp³-hybridized carbons (Fsp3) is 0.597. The van der Waals surface area contributed by atoms with Gasteiger partial charge in [-0.15, -0.1) is 0 Å². The molecule has 0 aliphatic rings. The number of esters is 2. The number of hydrogen-bond donors (Lipinski definition) is 1. The third-order valence-corrected chi connectivity index (χ3v) is 12.8. The van der Waals surface area contributed by atoms with E-state index in [1.807, 2.05) is 21.1 Å². The van der Waals surface area contributed by atoms with Gasteiger partial charge in [-0.3, -0.25) is 9.59 Å². The Morgan fingerprint density at radius 2 is 0.667 bits per heavy atom. The lowest BCUT2D eigenvalue weighted by atomic mass is 10.0. The molecule has 0 amide bonds. The van der Waals surface area contributed by atoms with Crippen molar-refractivity contribution in [1.82, 2.24) is 0 Å². The van der Waals surface area contributed by atoms with Crippen molar-refractivity contribution in [2.24, 2.45) is 0 Å². The summed E-state index contributed by atoms with van der Waals surface area (Å²) in [4.78, 5) is 37.5. The lowest BCUT2D eigenvalue weighted by molar-refractivity contribution is -0.870. The topological polar surface area (TPSA) is 108 Å². The van der Waals surface area contributed by atoms with Crippen LogP contribution >= 0.6 is 0 Å². The van der Waals surface area contributed by atoms with Crippen molar-refractivity contribution in [1.29, 1.82) is 0 Å². The normalized spacial score (nSPS) is 13.8. The molecule has 0 aromatic carbocycles. The first kappa shape index (κ1) is 75.9. The summed E-state index contributed by atoms with van der Waals surface area (Å²) in [5.74, 6) is -2.07. The average Bonchev–Trinajstić information content (AvgIpc) is 3.44. The highest BCUT2D eigenvalue weighted by atomic mass is 16.7. The Kier molecular flexibility index (Phi) is 57.2. The van der Waals surface area contributed by atoms with Gasteiger partial charge in [0.15, 0.2) is 6.10 Å². The van der Waals surface area contributed by atoms with E-state index in [1.54, 1.807) is 0 Å². The summed E-state index contributed by atoms with van der Waals surface area (Å²) in [6.45, 7) is 4.59. The molecule has 0 radical (unpaired) electrons. The van der Waals surface area contributed by atoms with E-state index in [-0.39, 0.29) is 38.6 Å². The Hall–Kier alpha value is -5.09. The van der Waals surface area contributed by atoms with Crippen LogP contribution in [-0.2, 0) is 33.3 Å². The number of rotatable bonds is 56. The van der Waals surface area contributed by atoms with E-state index >= 15 is 0 Å². The van der Waals surface area contributed by atoms with Crippen LogP contribution in [-0.4, -0.2) is 87.4 Å². The van der Waals surface area contributed by atoms with Crippen LogP contribution in [0.25, 0.3) is 0 Å².